The Morgan fingerprint density at radius 2 is 2.24 bits per heavy atom. The van der Waals surface area contributed by atoms with Crippen LogP contribution in [0.4, 0.5) is 5.82 Å². The van der Waals surface area contributed by atoms with Gasteiger partial charge in [-0.25, -0.2) is 9.97 Å². The number of anilines is 1. The summed E-state index contributed by atoms with van der Waals surface area (Å²) >= 11 is 0. The largest absolute Gasteiger partial charge is 0.366 e. The molecule has 0 fully saturated rings. The molecule has 110 valence electrons. The zero-order valence-electron chi connectivity index (χ0n) is 12.3. The van der Waals surface area contributed by atoms with E-state index in [1.165, 1.54) is 0 Å². The first-order valence-electron chi connectivity index (χ1n) is 7.19. The Morgan fingerprint density at radius 1 is 1.33 bits per heavy atom. The van der Waals surface area contributed by atoms with E-state index in [0.717, 1.165) is 36.5 Å². The minimum atomic E-state index is 0.205. The summed E-state index contributed by atoms with van der Waals surface area (Å²) < 4.78 is 3.64. The van der Waals surface area contributed by atoms with Gasteiger partial charge in [-0.1, -0.05) is 13.3 Å². The van der Waals surface area contributed by atoms with Crippen molar-refractivity contribution in [1.29, 1.82) is 0 Å². The highest BCUT2D eigenvalue weighted by atomic mass is 15.3. The standard InChI is InChI=1S/C14H19N7/c1-3-4-12-7-14(21-13(19-12)5-6-16-21)18-11(2)8-20-10-15-9-17-20/h5-7,9-11,18H,3-4,8H2,1-2H3/t11-/m1/s1. The van der Waals surface area contributed by atoms with Gasteiger partial charge in [0.1, 0.15) is 18.5 Å². The molecule has 21 heavy (non-hydrogen) atoms. The highest BCUT2D eigenvalue weighted by Gasteiger charge is 2.10. The second kappa shape index (κ2) is 5.90. The monoisotopic (exact) mass is 285 g/mol. The first-order chi connectivity index (χ1) is 10.3. The van der Waals surface area contributed by atoms with E-state index in [0.29, 0.717) is 0 Å². The number of nitrogens with one attached hydrogen (secondary N) is 1. The molecule has 7 nitrogen and oxygen atoms in total. The molecule has 0 saturated heterocycles. The highest BCUT2D eigenvalue weighted by molar-refractivity contribution is 5.49. The van der Waals surface area contributed by atoms with Gasteiger partial charge in [0.25, 0.3) is 0 Å². The van der Waals surface area contributed by atoms with Crippen LogP contribution in [0.15, 0.2) is 31.0 Å². The van der Waals surface area contributed by atoms with Crippen LogP contribution in [0.5, 0.6) is 0 Å². The third-order valence-electron chi connectivity index (χ3n) is 3.24. The molecule has 3 aromatic heterocycles. The van der Waals surface area contributed by atoms with Crippen LogP contribution < -0.4 is 5.32 Å². The Bertz CT molecular complexity index is 701. The fourth-order valence-corrected chi connectivity index (χ4v) is 2.36. The van der Waals surface area contributed by atoms with Gasteiger partial charge in [0.05, 0.1) is 12.7 Å². The normalized spacial score (nSPS) is 12.7. The second-order valence-corrected chi connectivity index (χ2v) is 5.15. The van der Waals surface area contributed by atoms with E-state index in [1.807, 2.05) is 15.3 Å². The lowest BCUT2D eigenvalue weighted by Crippen LogP contribution is -2.24. The first-order valence-corrected chi connectivity index (χ1v) is 7.19. The van der Waals surface area contributed by atoms with Crippen molar-refractivity contribution in [3.8, 4) is 0 Å². The van der Waals surface area contributed by atoms with Crippen LogP contribution in [0, 0.1) is 0 Å². The average Bonchev–Trinajstić information content (AvgIpc) is 3.09. The van der Waals surface area contributed by atoms with Crippen LogP contribution in [0.3, 0.4) is 0 Å². The van der Waals surface area contributed by atoms with Crippen molar-refractivity contribution in [3.05, 3.63) is 36.7 Å². The Labute approximate surface area is 123 Å². The van der Waals surface area contributed by atoms with Crippen LogP contribution >= 0.6 is 0 Å². The summed E-state index contributed by atoms with van der Waals surface area (Å²) in [7, 11) is 0. The molecule has 0 aliphatic heterocycles. The SMILES string of the molecule is CCCc1cc(N[C@H](C)Cn2cncn2)n2nccc2n1. The quantitative estimate of drug-likeness (QED) is 0.747. The van der Waals surface area contributed by atoms with Crippen LogP contribution in [-0.2, 0) is 13.0 Å². The zero-order chi connectivity index (χ0) is 14.7. The Morgan fingerprint density at radius 3 is 3.00 bits per heavy atom. The molecule has 0 saturated carbocycles. The summed E-state index contributed by atoms with van der Waals surface area (Å²) in [5, 5.41) is 11.9. The van der Waals surface area contributed by atoms with Crippen molar-refractivity contribution in [2.24, 2.45) is 0 Å². The molecule has 0 aliphatic carbocycles. The molecule has 0 aromatic carbocycles. The highest BCUT2D eigenvalue weighted by Crippen LogP contribution is 2.15. The van der Waals surface area contributed by atoms with Crippen LogP contribution in [-0.4, -0.2) is 35.4 Å². The molecule has 1 atom stereocenters. The third kappa shape index (κ3) is 3.01. The zero-order valence-corrected chi connectivity index (χ0v) is 12.3. The predicted molar refractivity (Wildman–Crippen MR) is 80.1 cm³/mol. The molecule has 0 unspecified atom stereocenters. The Balaban J connectivity index is 1.83. The summed E-state index contributed by atoms with van der Waals surface area (Å²) in [5.41, 5.74) is 1.96. The fraction of sp³-hybridized carbons (Fsp3) is 0.429. The van der Waals surface area contributed by atoms with E-state index in [1.54, 1.807) is 18.9 Å². The maximum atomic E-state index is 4.60. The number of aromatic nitrogens is 6. The molecule has 3 heterocycles. The minimum absolute atomic E-state index is 0.205. The summed E-state index contributed by atoms with van der Waals surface area (Å²) in [6, 6.07) is 4.20. The van der Waals surface area contributed by atoms with Crippen molar-refractivity contribution in [3.63, 3.8) is 0 Å². The number of hydrogen-bond donors (Lipinski definition) is 1. The lowest BCUT2D eigenvalue weighted by molar-refractivity contribution is 0.557. The van der Waals surface area contributed by atoms with Gasteiger partial charge in [-0.2, -0.15) is 14.7 Å². The van der Waals surface area contributed by atoms with E-state index in [2.05, 4.69) is 45.4 Å². The molecular formula is C14H19N7. The summed E-state index contributed by atoms with van der Waals surface area (Å²) in [5.74, 6) is 0.959. The summed E-state index contributed by atoms with van der Waals surface area (Å²) in [6.45, 7) is 5.01. The van der Waals surface area contributed by atoms with Crippen molar-refractivity contribution in [2.45, 2.75) is 39.3 Å². The van der Waals surface area contributed by atoms with E-state index >= 15 is 0 Å². The van der Waals surface area contributed by atoms with Gasteiger partial charge in [0, 0.05) is 23.9 Å². The van der Waals surface area contributed by atoms with E-state index < -0.39 is 0 Å². The summed E-state index contributed by atoms with van der Waals surface area (Å²) in [4.78, 5) is 8.56. The van der Waals surface area contributed by atoms with Crippen molar-refractivity contribution >= 4 is 11.5 Å². The molecule has 0 amide bonds. The average molecular weight is 285 g/mol. The molecule has 0 radical (unpaired) electrons. The van der Waals surface area contributed by atoms with Gasteiger partial charge < -0.3 is 5.32 Å². The van der Waals surface area contributed by atoms with Gasteiger partial charge >= 0.3 is 0 Å². The molecule has 0 bridgehead atoms. The smallest absolute Gasteiger partial charge is 0.157 e. The number of hydrogen-bond acceptors (Lipinski definition) is 5. The molecule has 0 aliphatic rings. The van der Waals surface area contributed by atoms with Gasteiger partial charge in [-0.15, -0.1) is 0 Å². The summed E-state index contributed by atoms with van der Waals surface area (Å²) in [6.07, 6.45) is 7.07. The van der Waals surface area contributed by atoms with Crippen molar-refractivity contribution in [2.75, 3.05) is 5.32 Å². The minimum Gasteiger partial charge on any atom is -0.366 e. The lowest BCUT2D eigenvalue weighted by Gasteiger charge is -2.16. The Kier molecular flexibility index (Phi) is 3.81. The number of nitrogens with zero attached hydrogens (tertiary/aromatic N) is 6. The molecule has 0 spiro atoms. The first kappa shape index (κ1) is 13.5. The lowest BCUT2D eigenvalue weighted by atomic mass is 10.2. The van der Waals surface area contributed by atoms with Gasteiger partial charge in [0.15, 0.2) is 5.65 Å². The number of aryl methyl sites for hydroxylation is 1. The molecule has 3 rings (SSSR count). The third-order valence-corrected chi connectivity index (χ3v) is 3.24. The Hall–Kier alpha value is -2.44. The molecule has 7 heteroatoms. The fourth-order valence-electron chi connectivity index (χ4n) is 2.36. The maximum Gasteiger partial charge on any atom is 0.157 e. The number of fused-ring (bicyclic) bond motifs is 1. The van der Waals surface area contributed by atoms with Crippen LogP contribution in [0.25, 0.3) is 5.65 Å². The predicted octanol–water partition coefficient (Wildman–Crippen LogP) is 1.77. The van der Waals surface area contributed by atoms with E-state index in [9.17, 15) is 0 Å². The van der Waals surface area contributed by atoms with Gasteiger partial charge in [-0.05, 0) is 13.3 Å². The van der Waals surface area contributed by atoms with Gasteiger partial charge in [-0.3, -0.25) is 4.68 Å². The molecular weight excluding hydrogens is 266 g/mol. The topological polar surface area (TPSA) is 72.9 Å². The van der Waals surface area contributed by atoms with Crippen molar-refractivity contribution < 1.29 is 0 Å². The van der Waals surface area contributed by atoms with Crippen molar-refractivity contribution in [1.82, 2.24) is 29.4 Å². The number of rotatable bonds is 6. The second-order valence-electron chi connectivity index (χ2n) is 5.15. The molecule has 1 N–H and O–H groups in total. The molecule has 3 aromatic rings. The van der Waals surface area contributed by atoms with Gasteiger partial charge in [0.2, 0.25) is 0 Å². The van der Waals surface area contributed by atoms with E-state index in [-0.39, 0.29) is 6.04 Å². The van der Waals surface area contributed by atoms with Crippen LogP contribution in [0.2, 0.25) is 0 Å². The maximum absolute atomic E-state index is 4.60. The van der Waals surface area contributed by atoms with E-state index in [4.69, 9.17) is 0 Å². The van der Waals surface area contributed by atoms with Crippen LogP contribution in [0.1, 0.15) is 26.0 Å².